The van der Waals surface area contributed by atoms with Crippen LogP contribution in [0.25, 0.3) is 0 Å². The van der Waals surface area contributed by atoms with Gasteiger partial charge in [-0.1, -0.05) is 73.7 Å². The third kappa shape index (κ3) is 12.6. The second kappa shape index (κ2) is 16.7. The number of ether oxygens (including phenoxy) is 1. The van der Waals surface area contributed by atoms with Crippen LogP contribution in [0.1, 0.15) is 44.2 Å². The molecule has 3 aliphatic rings. The molecule has 1 aromatic rings. The minimum atomic E-state index is 0.0881. The fourth-order valence-electron chi connectivity index (χ4n) is 3.52. The molecular weight excluding hydrogens is 412 g/mol. The van der Waals surface area contributed by atoms with Crippen LogP contribution < -0.4 is 22.7 Å². The van der Waals surface area contributed by atoms with Crippen LogP contribution in [0.15, 0.2) is 84.3 Å². The number of hydrazine groups is 1. The van der Waals surface area contributed by atoms with Gasteiger partial charge in [-0.25, -0.2) is 5.43 Å². The van der Waals surface area contributed by atoms with E-state index in [0.717, 1.165) is 37.3 Å². The van der Waals surface area contributed by atoms with Gasteiger partial charge in [-0.3, -0.25) is 10.6 Å². The van der Waals surface area contributed by atoms with Gasteiger partial charge in [0.25, 0.3) is 0 Å². The molecule has 0 aromatic heterocycles. The number of hydrogen-bond acceptors (Lipinski definition) is 6. The van der Waals surface area contributed by atoms with E-state index in [1.807, 2.05) is 24.3 Å². The van der Waals surface area contributed by atoms with Gasteiger partial charge in [-0.05, 0) is 49.3 Å². The fourth-order valence-corrected chi connectivity index (χ4v) is 3.52. The highest BCUT2D eigenvalue weighted by Gasteiger charge is 2.22. The Morgan fingerprint density at radius 2 is 1.82 bits per heavy atom. The fraction of sp³-hybridized carbons (Fsp3) is 0.370. The molecule has 0 heterocycles. The van der Waals surface area contributed by atoms with Gasteiger partial charge >= 0.3 is 0 Å². The highest BCUT2D eigenvalue weighted by molar-refractivity contribution is 5.69. The molecule has 0 saturated carbocycles. The number of allylic oxidation sites excluding steroid dienone is 9. The summed E-state index contributed by atoms with van der Waals surface area (Å²) in [5.41, 5.74) is 17.6. The number of benzene rings is 1. The third-order valence-corrected chi connectivity index (χ3v) is 5.09. The normalized spacial score (nSPS) is 18.0. The van der Waals surface area contributed by atoms with Crippen LogP contribution in [-0.4, -0.2) is 19.1 Å². The Labute approximate surface area is 198 Å². The number of nitrogens with one attached hydrogen (secondary N) is 1. The average Bonchev–Trinajstić information content (AvgIpc) is 3.22. The van der Waals surface area contributed by atoms with Crippen molar-refractivity contribution in [1.82, 2.24) is 5.43 Å². The zero-order chi connectivity index (χ0) is 24.5. The maximum atomic E-state index is 10.3. The van der Waals surface area contributed by atoms with Crippen molar-refractivity contribution in [3.63, 3.8) is 0 Å². The zero-order valence-electron chi connectivity index (χ0n) is 20.0. The molecule has 6 nitrogen and oxygen atoms in total. The summed E-state index contributed by atoms with van der Waals surface area (Å²) >= 11 is 0. The van der Waals surface area contributed by atoms with Gasteiger partial charge in [-0.15, -0.1) is 0 Å². The molecule has 0 aliphatic heterocycles. The van der Waals surface area contributed by atoms with E-state index in [-0.39, 0.29) is 11.9 Å². The number of fused-ring (bicyclic) bond motifs is 1. The van der Waals surface area contributed by atoms with E-state index >= 15 is 0 Å². The van der Waals surface area contributed by atoms with Gasteiger partial charge in [0.15, 0.2) is 12.0 Å². The molecule has 0 spiro atoms. The maximum absolute atomic E-state index is 10.3. The second-order valence-electron chi connectivity index (χ2n) is 8.20. The SMILES string of the molecule is C=C(C=O)OC1Cc2ccccc2C1.CC1=CC=CC(C)C1.NC1=CC=CCC1.NCNN. The molecule has 0 amide bonds. The molecule has 0 radical (unpaired) electrons. The largest absolute Gasteiger partial charge is 0.487 e. The summed E-state index contributed by atoms with van der Waals surface area (Å²) in [4.78, 5) is 10.3. The molecule has 0 bridgehead atoms. The topological polar surface area (TPSA) is 116 Å². The molecule has 0 fully saturated rings. The van der Waals surface area contributed by atoms with Gasteiger partial charge in [0.1, 0.15) is 6.10 Å². The third-order valence-electron chi connectivity index (χ3n) is 5.09. The van der Waals surface area contributed by atoms with Crippen molar-refractivity contribution in [2.24, 2.45) is 23.2 Å². The Kier molecular flexibility index (Phi) is 14.2. The summed E-state index contributed by atoms with van der Waals surface area (Å²) in [5.74, 6) is 5.64. The van der Waals surface area contributed by atoms with Crippen molar-refractivity contribution in [2.75, 3.05) is 6.67 Å². The Morgan fingerprint density at radius 1 is 1.18 bits per heavy atom. The minimum absolute atomic E-state index is 0.0881. The van der Waals surface area contributed by atoms with Crippen molar-refractivity contribution in [1.29, 1.82) is 0 Å². The van der Waals surface area contributed by atoms with Gasteiger partial charge in [0.05, 0.1) is 6.67 Å². The predicted octanol–water partition coefficient (Wildman–Crippen LogP) is 3.96. The number of nitrogens with two attached hydrogens (primary N) is 3. The van der Waals surface area contributed by atoms with Crippen LogP contribution in [-0.2, 0) is 22.4 Å². The van der Waals surface area contributed by atoms with Gasteiger partial charge < -0.3 is 16.2 Å². The van der Waals surface area contributed by atoms with Crippen LogP contribution >= 0.6 is 0 Å². The molecule has 180 valence electrons. The van der Waals surface area contributed by atoms with Crippen molar-refractivity contribution >= 4 is 6.29 Å². The van der Waals surface area contributed by atoms with Crippen LogP contribution in [0.3, 0.4) is 0 Å². The second-order valence-corrected chi connectivity index (χ2v) is 8.20. The Hall–Kier alpha value is -2.93. The van der Waals surface area contributed by atoms with Gasteiger partial charge in [0.2, 0.25) is 0 Å². The summed E-state index contributed by atoms with van der Waals surface area (Å²) < 4.78 is 5.38. The molecular formula is C27H40N4O2. The number of carbonyl (C=O) groups excluding carboxylic acids is 1. The Bertz CT molecular complexity index is 828. The maximum Gasteiger partial charge on any atom is 0.184 e. The molecule has 1 atom stereocenters. The molecule has 4 rings (SSSR count). The summed E-state index contributed by atoms with van der Waals surface area (Å²) in [5, 5.41) is 0. The molecule has 0 saturated heterocycles. The monoisotopic (exact) mass is 452 g/mol. The van der Waals surface area contributed by atoms with Gasteiger partial charge in [0, 0.05) is 18.5 Å². The highest BCUT2D eigenvalue weighted by Crippen LogP contribution is 2.24. The van der Waals surface area contributed by atoms with Crippen LogP contribution in [0.2, 0.25) is 0 Å². The number of hydrogen-bond donors (Lipinski definition) is 4. The molecule has 7 N–H and O–H groups in total. The summed E-state index contributed by atoms with van der Waals surface area (Å²) in [6.07, 6.45) is 18.5. The van der Waals surface area contributed by atoms with Crippen molar-refractivity contribution < 1.29 is 9.53 Å². The molecule has 1 aromatic carbocycles. The van der Waals surface area contributed by atoms with E-state index in [0.29, 0.717) is 13.0 Å². The van der Waals surface area contributed by atoms with Crippen molar-refractivity contribution in [2.45, 2.75) is 52.1 Å². The first kappa shape index (κ1) is 28.1. The van der Waals surface area contributed by atoms with E-state index in [9.17, 15) is 4.79 Å². The van der Waals surface area contributed by atoms with E-state index < -0.39 is 0 Å². The Balaban J connectivity index is 0.000000245. The van der Waals surface area contributed by atoms with Crippen LogP contribution in [0, 0.1) is 5.92 Å². The predicted molar refractivity (Wildman–Crippen MR) is 138 cm³/mol. The summed E-state index contributed by atoms with van der Waals surface area (Å²) in [7, 11) is 0. The first-order valence-electron chi connectivity index (χ1n) is 11.4. The quantitative estimate of drug-likeness (QED) is 0.137. The van der Waals surface area contributed by atoms with Crippen molar-refractivity contribution in [3.8, 4) is 0 Å². The Morgan fingerprint density at radius 3 is 2.18 bits per heavy atom. The van der Waals surface area contributed by atoms with E-state index in [1.54, 1.807) is 0 Å². The highest BCUT2D eigenvalue weighted by atomic mass is 16.5. The smallest absolute Gasteiger partial charge is 0.184 e. The van der Waals surface area contributed by atoms with E-state index in [1.165, 1.54) is 23.1 Å². The first-order chi connectivity index (χ1) is 15.9. The first-order valence-corrected chi connectivity index (χ1v) is 11.4. The number of carbonyl (C=O) groups is 1. The lowest BCUT2D eigenvalue weighted by molar-refractivity contribution is -0.108. The lowest BCUT2D eigenvalue weighted by atomic mass is 9.97. The van der Waals surface area contributed by atoms with Gasteiger partial charge in [-0.2, -0.15) is 0 Å². The lowest BCUT2D eigenvalue weighted by Crippen LogP contribution is -2.28. The molecule has 33 heavy (non-hydrogen) atoms. The van der Waals surface area contributed by atoms with E-state index in [4.69, 9.17) is 16.2 Å². The summed E-state index contributed by atoms with van der Waals surface area (Å²) in [6.45, 7) is 8.28. The van der Waals surface area contributed by atoms with Crippen LogP contribution in [0.5, 0.6) is 0 Å². The molecule has 6 heteroatoms. The zero-order valence-corrected chi connectivity index (χ0v) is 20.0. The lowest BCUT2D eigenvalue weighted by Gasteiger charge is -2.10. The summed E-state index contributed by atoms with van der Waals surface area (Å²) in [6, 6.07) is 8.25. The van der Waals surface area contributed by atoms with Crippen molar-refractivity contribution in [3.05, 3.63) is 95.5 Å². The average molecular weight is 453 g/mol. The minimum Gasteiger partial charge on any atom is -0.487 e. The number of aldehydes is 1. The van der Waals surface area contributed by atoms with Crippen LogP contribution in [0.4, 0.5) is 0 Å². The standard InChI is InChI=1S/C12H12O2.C8H12.C6H9N.CH7N3/c1-9(8-13)14-12-6-10-4-2-3-5-11(10)7-12;1-7-4-3-5-8(2)6-7;7-6-4-2-1-3-5-6;2-1-4-3/h2-5,8,12H,1,6-7H2;3-5,7H,6H2,1-2H3;1-2,4H,3,5,7H2;4H,1-3H2. The molecule has 3 aliphatic carbocycles. The number of rotatable bonds is 4. The van der Waals surface area contributed by atoms with E-state index in [2.05, 4.69) is 68.1 Å². The molecule has 1 unspecified atom stereocenters.